The molecule has 0 atom stereocenters. The molecule has 5 nitrogen and oxygen atoms in total. The zero-order chi connectivity index (χ0) is 16.2. The van der Waals surface area contributed by atoms with E-state index in [1.165, 1.54) is 0 Å². The summed E-state index contributed by atoms with van der Waals surface area (Å²) in [6.07, 6.45) is 1.77. The first-order valence-corrected chi connectivity index (χ1v) is 7.31. The fourth-order valence-electron chi connectivity index (χ4n) is 2.38. The van der Waals surface area contributed by atoms with Crippen molar-refractivity contribution < 1.29 is 9.90 Å². The second-order valence-corrected chi connectivity index (χ2v) is 5.22. The first-order chi connectivity index (χ1) is 11.1. The fourth-order valence-corrected chi connectivity index (χ4v) is 2.38. The van der Waals surface area contributed by atoms with Gasteiger partial charge in [0.1, 0.15) is 12.3 Å². The van der Waals surface area contributed by atoms with Crippen LogP contribution < -0.4 is 5.43 Å². The largest absolute Gasteiger partial charge is 0.508 e. The average molecular weight is 307 g/mol. The van der Waals surface area contributed by atoms with Crippen LogP contribution >= 0.6 is 0 Å². The number of rotatable bonds is 4. The standard InChI is InChI=1S/C18H17N3O2/c1-13(14-6-8-16(22)9-7-14)20-19-12-18(23)21-11-10-15-4-2-3-5-17(15)21/h2-11,19,22H,12H2,1H3/b20-13+. The lowest BCUT2D eigenvalue weighted by Gasteiger charge is -2.05. The summed E-state index contributed by atoms with van der Waals surface area (Å²) in [6.45, 7) is 1.95. The molecule has 0 fully saturated rings. The van der Waals surface area contributed by atoms with E-state index in [9.17, 15) is 9.90 Å². The topological polar surface area (TPSA) is 66.6 Å². The van der Waals surface area contributed by atoms with E-state index in [-0.39, 0.29) is 18.2 Å². The van der Waals surface area contributed by atoms with Gasteiger partial charge in [0.2, 0.25) is 0 Å². The molecule has 2 aromatic carbocycles. The minimum Gasteiger partial charge on any atom is -0.508 e. The number of hydrogen-bond donors (Lipinski definition) is 2. The Kier molecular flexibility index (Phi) is 4.10. The van der Waals surface area contributed by atoms with E-state index in [0.717, 1.165) is 22.2 Å². The molecule has 0 saturated carbocycles. The highest BCUT2D eigenvalue weighted by atomic mass is 16.3. The molecule has 0 spiro atoms. The van der Waals surface area contributed by atoms with Crippen LogP contribution in [0.15, 0.2) is 65.9 Å². The molecule has 116 valence electrons. The molecule has 0 aliphatic heterocycles. The number of phenolic OH excluding ortho intramolecular Hbond substituents is 1. The van der Waals surface area contributed by atoms with Gasteiger partial charge in [-0.3, -0.25) is 9.36 Å². The van der Waals surface area contributed by atoms with E-state index >= 15 is 0 Å². The van der Waals surface area contributed by atoms with Gasteiger partial charge in [-0.05, 0) is 48.9 Å². The third-order valence-electron chi connectivity index (χ3n) is 3.63. The highest BCUT2D eigenvalue weighted by Crippen LogP contribution is 2.14. The van der Waals surface area contributed by atoms with E-state index in [4.69, 9.17) is 0 Å². The van der Waals surface area contributed by atoms with Crippen molar-refractivity contribution in [3.05, 3.63) is 66.4 Å². The number of nitrogens with zero attached hydrogens (tertiary/aromatic N) is 2. The highest BCUT2D eigenvalue weighted by Gasteiger charge is 2.07. The van der Waals surface area contributed by atoms with Crippen LogP contribution in [0.1, 0.15) is 17.3 Å². The van der Waals surface area contributed by atoms with Crippen molar-refractivity contribution >= 4 is 22.5 Å². The van der Waals surface area contributed by atoms with E-state index in [1.54, 1.807) is 35.0 Å². The van der Waals surface area contributed by atoms with Crippen molar-refractivity contribution in [2.75, 3.05) is 6.54 Å². The van der Waals surface area contributed by atoms with Crippen LogP contribution in [-0.2, 0) is 0 Å². The Balaban J connectivity index is 1.67. The lowest BCUT2D eigenvalue weighted by molar-refractivity contribution is 0.0918. The van der Waals surface area contributed by atoms with Crippen molar-refractivity contribution in [2.24, 2.45) is 5.10 Å². The third kappa shape index (κ3) is 3.23. The fraction of sp³-hybridized carbons (Fsp3) is 0.111. The number of benzene rings is 2. The minimum atomic E-state index is -0.0755. The molecule has 5 heteroatoms. The predicted molar refractivity (Wildman–Crippen MR) is 90.9 cm³/mol. The number of para-hydroxylation sites is 1. The van der Waals surface area contributed by atoms with Gasteiger partial charge in [0, 0.05) is 11.6 Å². The van der Waals surface area contributed by atoms with Crippen LogP contribution in [0.3, 0.4) is 0 Å². The number of hydrazone groups is 1. The monoisotopic (exact) mass is 307 g/mol. The zero-order valence-corrected chi connectivity index (χ0v) is 12.7. The number of phenols is 1. The van der Waals surface area contributed by atoms with Crippen LogP contribution in [0.2, 0.25) is 0 Å². The molecule has 1 aromatic heterocycles. The summed E-state index contributed by atoms with van der Waals surface area (Å²) in [6, 6.07) is 16.4. The van der Waals surface area contributed by atoms with Gasteiger partial charge in [-0.25, -0.2) is 0 Å². The van der Waals surface area contributed by atoms with Crippen molar-refractivity contribution in [3.63, 3.8) is 0 Å². The lowest BCUT2D eigenvalue weighted by atomic mass is 10.1. The molecule has 23 heavy (non-hydrogen) atoms. The summed E-state index contributed by atoms with van der Waals surface area (Å²) in [5.41, 5.74) is 5.32. The number of nitrogens with one attached hydrogen (secondary N) is 1. The number of fused-ring (bicyclic) bond motifs is 1. The molecule has 1 heterocycles. The van der Waals surface area contributed by atoms with E-state index < -0.39 is 0 Å². The predicted octanol–water partition coefficient (Wildman–Crippen LogP) is 3.00. The molecule has 0 aliphatic carbocycles. The SMILES string of the molecule is C/C(=N\NCC(=O)n1ccc2ccccc21)c1ccc(O)cc1. The van der Waals surface area contributed by atoms with Crippen LogP contribution in [0, 0.1) is 0 Å². The zero-order valence-electron chi connectivity index (χ0n) is 12.7. The second kappa shape index (κ2) is 6.36. The quantitative estimate of drug-likeness (QED) is 0.575. The molecule has 3 aromatic rings. The molecule has 0 bridgehead atoms. The summed E-state index contributed by atoms with van der Waals surface area (Å²) in [5, 5.41) is 14.5. The van der Waals surface area contributed by atoms with E-state index in [0.29, 0.717) is 0 Å². The van der Waals surface area contributed by atoms with Gasteiger partial charge in [0.25, 0.3) is 5.91 Å². The van der Waals surface area contributed by atoms with Gasteiger partial charge >= 0.3 is 0 Å². The Hall–Kier alpha value is -3.08. The molecule has 3 rings (SSSR count). The van der Waals surface area contributed by atoms with Crippen LogP contribution in [-0.4, -0.2) is 27.8 Å². The molecule has 0 amide bonds. The van der Waals surface area contributed by atoms with Gasteiger partial charge in [0.05, 0.1) is 11.2 Å². The maximum atomic E-state index is 12.3. The Bertz CT molecular complexity index is 863. The molecular formula is C18H17N3O2. The average Bonchev–Trinajstić information content (AvgIpc) is 2.99. The molecule has 0 radical (unpaired) electrons. The van der Waals surface area contributed by atoms with E-state index in [1.807, 2.05) is 37.3 Å². The van der Waals surface area contributed by atoms with Crippen LogP contribution in [0.4, 0.5) is 0 Å². The summed E-state index contributed by atoms with van der Waals surface area (Å²) in [7, 11) is 0. The summed E-state index contributed by atoms with van der Waals surface area (Å²) >= 11 is 0. The molecule has 0 saturated heterocycles. The Morgan fingerprint density at radius 1 is 1.13 bits per heavy atom. The third-order valence-corrected chi connectivity index (χ3v) is 3.63. The van der Waals surface area contributed by atoms with Crippen molar-refractivity contribution in [2.45, 2.75) is 6.92 Å². The van der Waals surface area contributed by atoms with Gasteiger partial charge in [-0.15, -0.1) is 0 Å². The van der Waals surface area contributed by atoms with Crippen molar-refractivity contribution in [3.8, 4) is 5.75 Å². The smallest absolute Gasteiger partial charge is 0.252 e. The molecule has 0 aliphatic rings. The summed E-state index contributed by atoms with van der Waals surface area (Å²) in [5.74, 6) is 0.137. The summed E-state index contributed by atoms with van der Waals surface area (Å²) < 4.78 is 1.62. The highest BCUT2D eigenvalue weighted by molar-refractivity contribution is 5.99. The first-order valence-electron chi connectivity index (χ1n) is 7.31. The molecule has 0 unspecified atom stereocenters. The normalized spacial score (nSPS) is 11.6. The van der Waals surface area contributed by atoms with Crippen molar-refractivity contribution in [1.82, 2.24) is 9.99 Å². The van der Waals surface area contributed by atoms with Crippen LogP contribution in [0.25, 0.3) is 10.9 Å². The number of carbonyl (C=O) groups is 1. The van der Waals surface area contributed by atoms with Gasteiger partial charge in [-0.1, -0.05) is 18.2 Å². The number of carbonyl (C=O) groups excluding carboxylic acids is 1. The van der Waals surface area contributed by atoms with Crippen molar-refractivity contribution in [1.29, 1.82) is 0 Å². The number of hydrogen-bond acceptors (Lipinski definition) is 4. The van der Waals surface area contributed by atoms with E-state index in [2.05, 4.69) is 10.5 Å². The molecule has 2 N–H and O–H groups in total. The maximum Gasteiger partial charge on any atom is 0.252 e. The molecular weight excluding hydrogens is 290 g/mol. The Labute approximate surface area is 133 Å². The number of aromatic nitrogens is 1. The number of aromatic hydroxyl groups is 1. The Morgan fingerprint density at radius 3 is 2.65 bits per heavy atom. The second-order valence-electron chi connectivity index (χ2n) is 5.22. The van der Waals surface area contributed by atoms with Gasteiger partial charge in [0.15, 0.2) is 0 Å². The summed E-state index contributed by atoms with van der Waals surface area (Å²) in [4.78, 5) is 12.3. The van der Waals surface area contributed by atoms with Crippen LogP contribution in [0.5, 0.6) is 5.75 Å². The minimum absolute atomic E-state index is 0.0755. The van der Waals surface area contributed by atoms with Gasteiger partial charge in [-0.2, -0.15) is 5.10 Å². The Morgan fingerprint density at radius 2 is 1.87 bits per heavy atom. The maximum absolute atomic E-state index is 12.3. The first kappa shape index (κ1) is 14.8. The lowest BCUT2D eigenvalue weighted by Crippen LogP contribution is -2.24. The van der Waals surface area contributed by atoms with Gasteiger partial charge < -0.3 is 10.5 Å².